The highest BCUT2D eigenvalue weighted by atomic mass is 32.2. The van der Waals surface area contributed by atoms with Gasteiger partial charge in [0.1, 0.15) is 17.7 Å². The van der Waals surface area contributed by atoms with Gasteiger partial charge in [0.2, 0.25) is 0 Å². The lowest BCUT2D eigenvalue weighted by Crippen LogP contribution is -2.27. The number of fused-ring (bicyclic) bond motifs is 1. The zero-order valence-corrected chi connectivity index (χ0v) is 28.3. The largest absolute Gasteiger partial charge is 0.444 e. The molecule has 0 unspecified atom stereocenters. The third-order valence-corrected chi connectivity index (χ3v) is 8.15. The molecule has 2 aromatic heterocycles. The van der Waals surface area contributed by atoms with Gasteiger partial charge in [-0.3, -0.25) is 10.1 Å². The van der Waals surface area contributed by atoms with Gasteiger partial charge in [-0.15, -0.1) is 0 Å². The van der Waals surface area contributed by atoms with Crippen LogP contribution in [0.3, 0.4) is 0 Å². The Morgan fingerprint density at radius 3 is 2.27 bits per heavy atom. The number of anilines is 3. The first-order chi connectivity index (χ1) is 23.1. The molecular weight excluding hydrogens is 653 g/mol. The minimum absolute atomic E-state index is 0.0420. The maximum Gasteiger partial charge on any atom is 0.416 e. The number of aromatic nitrogens is 3. The topological polar surface area (TPSA) is 118 Å². The molecule has 9 nitrogen and oxygen atoms in total. The third-order valence-electron chi connectivity index (χ3n) is 7.07. The van der Waals surface area contributed by atoms with E-state index in [2.05, 4.69) is 30.9 Å². The van der Waals surface area contributed by atoms with Crippen molar-refractivity contribution in [1.82, 2.24) is 20.3 Å². The Bertz CT molecular complexity index is 1960. The number of halogens is 3. The van der Waals surface area contributed by atoms with Gasteiger partial charge < -0.3 is 15.4 Å². The van der Waals surface area contributed by atoms with E-state index in [-0.39, 0.29) is 12.5 Å². The van der Waals surface area contributed by atoms with E-state index >= 15 is 0 Å². The summed E-state index contributed by atoms with van der Waals surface area (Å²) in [7, 11) is 0. The predicted molar refractivity (Wildman–Crippen MR) is 184 cm³/mol. The first-order valence-electron chi connectivity index (χ1n) is 15.4. The predicted octanol–water partition coefficient (Wildman–Crippen LogP) is 9.34. The van der Waals surface area contributed by atoms with Crippen molar-refractivity contribution in [3.05, 3.63) is 108 Å². The third kappa shape index (κ3) is 9.47. The molecule has 3 aromatic carbocycles. The zero-order valence-electron chi connectivity index (χ0n) is 27.5. The molecule has 0 fully saturated rings. The summed E-state index contributed by atoms with van der Waals surface area (Å²) in [4.78, 5) is 40.5. The smallest absolute Gasteiger partial charge is 0.416 e. The van der Waals surface area contributed by atoms with Crippen molar-refractivity contribution in [3.63, 3.8) is 0 Å². The summed E-state index contributed by atoms with van der Waals surface area (Å²) in [6.07, 6.45) is -3.57. The van der Waals surface area contributed by atoms with Crippen LogP contribution in [0.5, 0.6) is 0 Å². The quantitative estimate of drug-likeness (QED) is 0.140. The van der Waals surface area contributed by atoms with E-state index < -0.39 is 29.3 Å². The molecule has 0 spiro atoms. The van der Waals surface area contributed by atoms with Gasteiger partial charge in [0.25, 0.3) is 5.91 Å². The fourth-order valence-electron chi connectivity index (χ4n) is 4.61. The highest BCUT2D eigenvalue weighted by Gasteiger charge is 2.30. The van der Waals surface area contributed by atoms with Crippen LogP contribution < -0.4 is 16.0 Å². The Hall–Kier alpha value is -5.17. The number of amides is 2. The maximum atomic E-state index is 13.2. The number of ether oxygens (including phenoxy) is 1. The molecule has 0 aliphatic heterocycles. The lowest BCUT2D eigenvalue weighted by Gasteiger charge is -2.19. The summed E-state index contributed by atoms with van der Waals surface area (Å²) < 4.78 is 44.2. The number of hydrogen-bond donors (Lipinski definition) is 3. The molecule has 13 heteroatoms. The standard InChI is InChI=1S/C36H35F3N6O3S/c1-21(2)28-16-15-27-31(44-28)41-20-42-32(27)45-29-18-23(33(46)40-19-22-6-9-24(10-7-22)36(37,38)39)8-17-30(29)49-26-13-11-25(12-14-26)43-34(47)48-35(3,4)5/h6-18,20-21H,19H2,1-5H3,(H,40,46)(H,43,47)(H,41,42,44,45). The van der Waals surface area contributed by atoms with Crippen LogP contribution in [-0.2, 0) is 17.5 Å². The fraction of sp³-hybridized carbons (Fsp3) is 0.250. The molecule has 0 bridgehead atoms. The van der Waals surface area contributed by atoms with Crippen molar-refractivity contribution < 1.29 is 27.5 Å². The molecule has 0 atom stereocenters. The van der Waals surface area contributed by atoms with Crippen LogP contribution >= 0.6 is 11.8 Å². The normalized spacial score (nSPS) is 11.8. The molecule has 254 valence electrons. The van der Waals surface area contributed by atoms with E-state index in [1.165, 1.54) is 30.2 Å². The molecular formula is C36H35F3N6O3S. The van der Waals surface area contributed by atoms with Crippen molar-refractivity contribution in [2.45, 2.75) is 68.6 Å². The Kier molecular flexibility index (Phi) is 10.4. The van der Waals surface area contributed by atoms with Crippen LogP contribution in [0.15, 0.2) is 95.0 Å². The number of rotatable bonds is 9. The Labute approximate surface area is 286 Å². The minimum Gasteiger partial charge on any atom is -0.444 e. The molecule has 2 heterocycles. The van der Waals surface area contributed by atoms with Gasteiger partial charge >= 0.3 is 12.3 Å². The molecule has 0 aliphatic carbocycles. The number of carbonyl (C=O) groups excluding carboxylic acids is 2. The average molecular weight is 689 g/mol. The van der Waals surface area contributed by atoms with Crippen molar-refractivity contribution in [1.29, 1.82) is 0 Å². The highest BCUT2D eigenvalue weighted by molar-refractivity contribution is 7.99. The summed E-state index contributed by atoms with van der Waals surface area (Å²) in [5.74, 6) is 0.295. The van der Waals surface area contributed by atoms with Gasteiger partial charge in [0.15, 0.2) is 5.65 Å². The zero-order chi connectivity index (χ0) is 35.3. The Morgan fingerprint density at radius 1 is 0.898 bits per heavy atom. The van der Waals surface area contributed by atoms with E-state index in [1.54, 1.807) is 51.1 Å². The Balaban J connectivity index is 1.40. The van der Waals surface area contributed by atoms with E-state index in [9.17, 15) is 22.8 Å². The van der Waals surface area contributed by atoms with Crippen molar-refractivity contribution in [2.75, 3.05) is 10.6 Å². The summed E-state index contributed by atoms with van der Waals surface area (Å²) in [5.41, 5.74) is 2.03. The van der Waals surface area contributed by atoms with Crippen LogP contribution in [0.2, 0.25) is 0 Å². The van der Waals surface area contributed by atoms with Gasteiger partial charge in [0, 0.05) is 33.3 Å². The van der Waals surface area contributed by atoms with Crippen LogP contribution in [-0.4, -0.2) is 32.6 Å². The summed E-state index contributed by atoms with van der Waals surface area (Å²) in [5, 5.41) is 9.55. The number of pyridine rings is 1. The first-order valence-corrected chi connectivity index (χ1v) is 16.2. The lowest BCUT2D eigenvalue weighted by atomic mass is 10.1. The van der Waals surface area contributed by atoms with E-state index in [0.29, 0.717) is 39.4 Å². The number of alkyl halides is 3. The van der Waals surface area contributed by atoms with Gasteiger partial charge in [-0.05, 0) is 99.0 Å². The van der Waals surface area contributed by atoms with Crippen LogP contribution in [0, 0.1) is 0 Å². The number of nitrogens with one attached hydrogen (secondary N) is 3. The van der Waals surface area contributed by atoms with Gasteiger partial charge in [-0.1, -0.05) is 37.7 Å². The molecule has 49 heavy (non-hydrogen) atoms. The molecule has 0 aliphatic rings. The van der Waals surface area contributed by atoms with E-state index in [0.717, 1.165) is 27.6 Å². The number of nitrogens with zero attached hydrogens (tertiary/aromatic N) is 3. The monoisotopic (exact) mass is 688 g/mol. The molecule has 2 amide bonds. The number of carbonyl (C=O) groups is 2. The minimum atomic E-state index is -4.44. The van der Waals surface area contributed by atoms with Crippen LogP contribution in [0.1, 0.15) is 67.7 Å². The number of benzene rings is 3. The second-order valence-electron chi connectivity index (χ2n) is 12.5. The lowest BCUT2D eigenvalue weighted by molar-refractivity contribution is -0.137. The van der Waals surface area contributed by atoms with E-state index in [4.69, 9.17) is 4.74 Å². The molecule has 0 saturated heterocycles. The molecule has 0 saturated carbocycles. The summed E-state index contributed by atoms with van der Waals surface area (Å²) in [6, 6.07) is 20.9. The van der Waals surface area contributed by atoms with Gasteiger partial charge in [-0.2, -0.15) is 13.2 Å². The SMILES string of the molecule is CC(C)c1ccc2c(Nc3cc(C(=O)NCc4ccc(C(F)(F)F)cc4)ccc3Sc3ccc(NC(=O)OC(C)(C)C)cc3)ncnc2n1. The molecule has 5 aromatic rings. The second kappa shape index (κ2) is 14.5. The van der Waals surface area contributed by atoms with Gasteiger partial charge in [0.05, 0.1) is 16.6 Å². The Morgan fingerprint density at radius 2 is 1.61 bits per heavy atom. The summed E-state index contributed by atoms with van der Waals surface area (Å²) in [6.45, 7) is 9.50. The highest BCUT2D eigenvalue weighted by Crippen LogP contribution is 2.37. The van der Waals surface area contributed by atoms with Crippen LogP contribution in [0.4, 0.5) is 35.2 Å². The fourth-order valence-corrected chi connectivity index (χ4v) is 5.50. The molecule has 0 radical (unpaired) electrons. The number of hydrogen-bond acceptors (Lipinski definition) is 8. The van der Waals surface area contributed by atoms with Gasteiger partial charge in [-0.25, -0.2) is 19.7 Å². The van der Waals surface area contributed by atoms with Crippen molar-refractivity contribution in [3.8, 4) is 0 Å². The van der Waals surface area contributed by atoms with Crippen molar-refractivity contribution >= 4 is 52.0 Å². The average Bonchev–Trinajstić information content (AvgIpc) is 3.04. The maximum absolute atomic E-state index is 13.2. The van der Waals surface area contributed by atoms with Crippen molar-refractivity contribution in [2.24, 2.45) is 0 Å². The second-order valence-corrected chi connectivity index (χ2v) is 13.6. The first kappa shape index (κ1) is 35.1. The van der Waals surface area contributed by atoms with Crippen LogP contribution in [0.25, 0.3) is 11.0 Å². The van der Waals surface area contributed by atoms with E-state index in [1.807, 2.05) is 38.1 Å². The summed E-state index contributed by atoms with van der Waals surface area (Å²) >= 11 is 1.43. The molecule has 3 N–H and O–H groups in total. The molecule has 5 rings (SSSR count).